The molecule has 7 aromatic rings. The van der Waals surface area contributed by atoms with Crippen molar-refractivity contribution >= 4 is 40.5 Å². The van der Waals surface area contributed by atoms with E-state index in [2.05, 4.69) is 71.0 Å². The molecule has 0 aromatic heterocycles. The number of halogens is 1. The number of carbonyl (C=O) groups is 7. The molecule has 10 N–H and O–H groups in total. The van der Waals surface area contributed by atoms with Crippen LogP contribution in [0.1, 0.15) is 253 Å². The van der Waals surface area contributed by atoms with Gasteiger partial charge in [0, 0.05) is 64.6 Å². The van der Waals surface area contributed by atoms with Crippen LogP contribution >= 0.6 is 0 Å². The quantitative estimate of drug-likeness (QED) is 0.0666. The Balaban J connectivity index is 0.000000148. The Kier molecular flexibility index (Phi) is 31.1. The summed E-state index contributed by atoms with van der Waals surface area (Å²) in [6, 6.07) is 60.4. The number of ketones is 7. The molecule has 7 unspecified atom stereocenters. The third kappa shape index (κ3) is 20.4. The first-order valence-electron chi connectivity index (χ1n) is 40.9. The number of carbonyl (C=O) groups excluding carboxylic acids is 7. The Labute approximate surface area is 655 Å². The van der Waals surface area contributed by atoms with Crippen molar-refractivity contribution in [3.63, 3.8) is 0 Å². The number of aryl methyl sites for hydroxylation is 5. The number of alkyl halides is 1. The summed E-state index contributed by atoms with van der Waals surface area (Å²) in [5.74, 6) is 1.75. The number of nitrogens with two attached hydrogens (primary N) is 4. The summed E-state index contributed by atoms with van der Waals surface area (Å²) in [5, 5.41) is 6.38. The number of nitrogens with one attached hydrogen (secondary N) is 2. The molecule has 7 aliphatic carbocycles. The molecule has 15 rings (SSSR count). The molecular weight excluding hydrogens is 1370 g/mol. The zero-order chi connectivity index (χ0) is 79.0. The second-order valence-electron chi connectivity index (χ2n) is 32.2. The van der Waals surface area contributed by atoms with Crippen molar-refractivity contribution < 1.29 is 38.0 Å². The molecule has 110 heavy (non-hydrogen) atoms. The highest BCUT2D eigenvalue weighted by molar-refractivity contribution is 5.94. The molecule has 7 saturated carbocycles. The van der Waals surface area contributed by atoms with Crippen LogP contribution in [-0.2, 0) is 72.3 Å². The van der Waals surface area contributed by atoms with Crippen molar-refractivity contribution in [3.8, 4) is 0 Å². The molecule has 1 aliphatic heterocycles. The maximum Gasteiger partial charge on any atom is 0.157 e. The van der Waals surface area contributed by atoms with Gasteiger partial charge in [-0.25, -0.2) is 4.39 Å². The minimum Gasteiger partial charge on any atom is -0.315 e. The molecule has 1 heterocycles. The summed E-state index contributed by atoms with van der Waals surface area (Å²) in [6.07, 6.45) is 26.2. The van der Waals surface area contributed by atoms with Gasteiger partial charge in [-0.15, -0.1) is 0 Å². The monoisotopic (exact) mass is 1490 g/mol. The fourth-order valence-electron chi connectivity index (χ4n) is 17.5. The van der Waals surface area contributed by atoms with Crippen LogP contribution in [-0.4, -0.2) is 78.7 Å². The second-order valence-corrected chi connectivity index (χ2v) is 32.2. The zero-order valence-corrected chi connectivity index (χ0v) is 66.6. The summed E-state index contributed by atoms with van der Waals surface area (Å²) in [4.78, 5) is 86.9. The standard InChI is InChI=1S/C15H19NO.C14H18FNO.C14H19NO.4C13H17NO/c17-14-9-4-5-10-15(14,16-11-6-12-16)13-7-2-1-3-8-13;15-10-11-16-14(9-5-4-8-13(14)17)12-6-2-1-3-7-12;1-11-6-8-12(9-7-11)14(15-2)10-4-3-5-13(14)16;1-10-5-4-6-11(9-10)13(14)8-3-2-7-12(13)15;1-10-6-2-3-7-11(10)13(14)9-5-4-8-12(13)15;2*1-10-5-7-11(8-6-10)13(14)9-3-2-4-12(13)15/h1-3,7-8H,4-6,9-12H2;1-3,6-7,16H,4-5,8-11H2;6-9,15H,3-5,10H2,1-2H3;4-6,9H,2-3,7-8,14H2,1H3;2-3,6-7H,4-5,8-9,14H2,1H3;2*5-8H,2-4,9,14H2,1H3. The van der Waals surface area contributed by atoms with Crippen molar-refractivity contribution in [2.45, 2.75) is 260 Å². The highest BCUT2D eigenvalue weighted by atomic mass is 19.1. The van der Waals surface area contributed by atoms with Gasteiger partial charge in [0.05, 0.1) is 0 Å². The predicted molar refractivity (Wildman–Crippen MR) is 441 cm³/mol. The number of rotatable bonds is 12. The number of Topliss-reactive ketones (excluding diaryl/α,β-unsaturated/α-hetero) is 7. The summed E-state index contributed by atoms with van der Waals surface area (Å²) < 4.78 is 12.4. The van der Waals surface area contributed by atoms with Crippen LogP contribution in [0, 0.1) is 34.6 Å². The number of nitrogens with zero attached hydrogens (tertiary/aromatic N) is 1. The molecule has 588 valence electrons. The van der Waals surface area contributed by atoms with Crippen LogP contribution in [0.25, 0.3) is 0 Å². The van der Waals surface area contributed by atoms with E-state index in [9.17, 15) is 38.0 Å². The van der Waals surface area contributed by atoms with Crippen molar-refractivity contribution in [1.82, 2.24) is 15.5 Å². The van der Waals surface area contributed by atoms with Crippen molar-refractivity contribution in [1.29, 1.82) is 0 Å². The minimum absolute atomic E-state index is 0.192. The highest BCUT2D eigenvalue weighted by Crippen LogP contribution is 2.44. The number of likely N-dealkylation sites (tertiary alicyclic amines) is 1. The lowest BCUT2D eigenvalue weighted by Crippen LogP contribution is -2.58. The molecule has 0 bridgehead atoms. The average molecular weight is 1500 g/mol. The van der Waals surface area contributed by atoms with Crippen LogP contribution in [0.15, 0.2) is 182 Å². The summed E-state index contributed by atoms with van der Waals surface area (Å²) in [5.41, 5.74) is 33.9. The van der Waals surface area contributed by atoms with E-state index in [-0.39, 0.29) is 41.0 Å². The highest BCUT2D eigenvalue weighted by Gasteiger charge is 2.49. The Morgan fingerprint density at radius 1 is 0.327 bits per heavy atom. The van der Waals surface area contributed by atoms with Crippen LogP contribution in [0.2, 0.25) is 0 Å². The molecule has 14 nitrogen and oxygen atoms in total. The topological polar surface area (TPSA) is 251 Å². The number of benzene rings is 7. The molecule has 0 amide bonds. The van der Waals surface area contributed by atoms with E-state index in [1.54, 1.807) is 0 Å². The Bertz CT molecular complexity index is 4110. The maximum atomic E-state index is 12.5. The first-order chi connectivity index (χ1) is 52.8. The minimum atomic E-state index is -0.719. The largest absolute Gasteiger partial charge is 0.315 e. The fraction of sp³-hybridized carbons (Fsp3) is 0.484. The van der Waals surface area contributed by atoms with Gasteiger partial charge in [0.2, 0.25) is 0 Å². The van der Waals surface area contributed by atoms with Gasteiger partial charge in [-0.3, -0.25) is 43.8 Å². The molecule has 7 atom stereocenters. The number of likely N-dealkylation sites (N-methyl/N-ethyl adjacent to an activating group) is 1. The lowest BCUT2D eigenvalue weighted by molar-refractivity contribution is -0.139. The van der Waals surface area contributed by atoms with E-state index < -0.39 is 39.9 Å². The molecule has 0 radical (unpaired) electrons. The van der Waals surface area contributed by atoms with Gasteiger partial charge in [-0.2, -0.15) is 0 Å². The first kappa shape index (κ1) is 85.9. The van der Waals surface area contributed by atoms with Gasteiger partial charge in [0.15, 0.2) is 40.5 Å². The van der Waals surface area contributed by atoms with Crippen molar-refractivity contribution in [2.24, 2.45) is 22.9 Å². The van der Waals surface area contributed by atoms with Gasteiger partial charge >= 0.3 is 0 Å². The second kappa shape index (κ2) is 39.9. The predicted octanol–water partition coefficient (Wildman–Crippen LogP) is 17.0. The molecule has 8 aliphatic rings. The fourth-order valence-corrected chi connectivity index (χ4v) is 17.5. The Morgan fingerprint density at radius 2 is 0.682 bits per heavy atom. The Hall–Kier alpha value is -8.12. The van der Waals surface area contributed by atoms with E-state index in [0.29, 0.717) is 50.1 Å². The molecule has 1 saturated heterocycles. The summed E-state index contributed by atoms with van der Waals surface area (Å²) >= 11 is 0. The van der Waals surface area contributed by atoms with Gasteiger partial charge < -0.3 is 28.3 Å². The maximum absolute atomic E-state index is 12.5. The van der Waals surface area contributed by atoms with Crippen molar-refractivity contribution in [3.05, 3.63) is 249 Å². The zero-order valence-electron chi connectivity index (χ0n) is 66.6. The molecule has 0 spiro atoms. The lowest BCUT2D eigenvalue weighted by atomic mass is 9.73. The number of hydrogen-bond donors (Lipinski definition) is 6. The van der Waals surface area contributed by atoms with Crippen LogP contribution in [0.4, 0.5) is 4.39 Å². The lowest BCUT2D eigenvalue weighted by Gasteiger charge is -2.50. The van der Waals surface area contributed by atoms with E-state index in [0.717, 1.165) is 192 Å². The van der Waals surface area contributed by atoms with Crippen LogP contribution in [0.5, 0.6) is 0 Å². The molecule has 7 aromatic carbocycles. The van der Waals surface area contributed by atoms with Gasteiger partial charge in [-0.05, 0) is 182 Å². The average Bonchev–Trinajstić information content (AvgIpc) is 0.748. The van der Waals surface area contributed by atoms with Gasteiger partial charge in [0.25, 0.3) is 0 Å². The van der Waals surface area contributed by atoms with E-state index in [1.807, 2.05) is 168 Å². The smallest absolute Gasteiger partial charge is 0.157 e. The van der Waals surface area contributed by atoms with Crippen LogP contribution in [0.3, 0.4) is 0 Å². The van der Waals surface area contributed by atoms with Gasteiger partial charge in [0.1, 0.15) is 45.4 Å². The summed E-state index contributed by atoms with van der Waals surface area (Å²) in [7, 11) is 1.89. The first-order valence-corrected chi connectivity index (χ1v) is 40.9. The van der Waals surface area contributed by atoms with Crippen LogP contribution < -0.4 is 33.6 Å². The summed E-state index contributed by atoms with van der Waals surface area (Å²) in [6.45, 7) is 12.2. The molecule has 8 fully saturated rings. The third-order valence-electron chi connectivity index (χ3n) is 24.6. The number of hydrogen-bond acceptors (Lipinski definition) is 14. The normalized spacial score (nSPS) is 26.8. The molecule has 15 heteroatoms. The molecular formula is C95H124FN7O7. The van der Waals surface area contributed by atoms with E-state index in [1.165, 1.54) is 35.1 Å². The van der Waals surface area contributed by atoms with E-state index >= 15 is 0 Å². The Morgan fingerprint density at radius 3 is 1.07 bits per heavy atom. The van der Waals surface area contributed by atoms with Crippen molar-refractivity contribution in [2.75, 3.05) is 33.4 Å². The SMILES string of the molecule is CNC1(c2ccc(C)cc2)CCCCC1=O.Cc1ccc(C2(N)CCCCC2=O)cc1.Cc1ccc(C2(N)CCCCC2=O)cc1.Cc1cccc(C2(N)CCCCC2=O)c1.Cc1ccccc1C1(N)CCCCC1=O.O=C1CCCCC1(NCCF)c1ccccc1.O=C1CCCCC1(c1ccccc1)N1CCC1. The van der Waals surface area contributed by atoms with E-state index in [4.69, 9.17) is 22.9 Å². The van der Waals surface area contributed by atoms with Gasteiger partial charge in [-0.1, -0.05) is 249 Å². The third-order valence-corrected chi connectivity index (χ3v) is 24.6.